The smallest absolute Gasteiger partial charge is 0.153 e. The summed E-state index contributed by atoms with van der Waals surface area (Å²) in [6.45, 7) is 0.807. The zero-order chi connectivity index (χ0) is 17.9. The van der Waals surface area contributed by atoms with Gasteiger partial charge in [0.2, 0.25) is 0 Å². The average Bonchev–Trinajstić information content (AvgIpc) is 2.68. The van der Waals surface area contributed by atoms with E-state index >= 15 is 0 Å². The maximum absolute atomic E-state index is 13.1. The Morgan fingerprint density at radius 3 is 2.62 bits per heavy atom. The first kappa shape index (κ1) is 16.8. The molecular formula is C23H22FNO. The van der Waals surface area contributed by atoms with Crippen molar-refractivity contribution < 1.29 is 9.13 Å². The van der Waals surface area contributed by atoms with Crippen LogP contribution in [0.25, 0.3) is 11.1 Å². The normalized spacial score (nSPS) is 16.2. The molecule has 1 aliphatic heterocycles. The Hall–Kier alpha value is -2.65. The van der Waals surface area contributed by atoms with Gasteiger partial charge in [-0.15, -0.1) is 0 Å². The van der Waals surface area contributed by atoms with Crippen molar-refractivity contribution in [2.24, 2.45) is 0 Å². The quantitative estimate of drug-likeness (QED) is 0.637. The Morgan fingerprint density at radius 1 is 0.962 bits per heavy atom. The number of hydrogen-bond acceptors (Lipinski definition) is 2. The number of nitrogens with zero attached hydrogens (tertiary/aromatic N) is 1. The van der Waals surface area contributed by atoms with Gasteiger partial charge in [-0.3, -0.25) is 4.90 Å². The minimum Gasteiger partial charge on any atom is -0.475 e. The number of halogens is 1. The fourth-order valence-corrected chi connectivity index (χ4v) is 3.50. The van der Waals surface area contributed by atoms with Crippen molar-refractivity contribution in [2.45, 2.75) is 25.6 Å². The Morgan fingerprint density at radius 2 is 1.77 bits per heavy atom. The number of fused-ring (bicyclic) bond motifs is 1. The molecule has 0 fully saturated rings. The van der Waals surface area contributed by atoms with Crippen LogP contribution < -0.4 is 4.74 Å². The lowest BCUT2D eigenvalue weighted by Gasteiger charge is -2.33. The van der Waals surface area contributed by atoms with Crippen LogP contribution in [0.2, 0.25) is 0 Å². The van der Waals surface area contributed by atoms with E-state index in [1.165, 1.54) is 23.3 Å². The summed E-state index contributed by atoms with van der Waals surface area (Å²) in [7, 11) is 2.10. The summed E-state index contributed by atoms with van der Waals surface area (Å²) >= 11 is 0. The van der Waals surface area contributed by atoms with Gasteiger partial charge in [-0.2, -0.15) is 0 Å². The van der Waals surface area contributed by atoms with Gasteiger partial charge in [0, 0.05) is 13.0 Å². The van der Waals surface area contributed by atoms with Crippen LogP contribution >= 0.6 is 0 Å². The largest absolute Gasteiger partial charge is 0.475 e. The molecule has 0 N–H and O–H groups in total. The summed E-state index contributed by atoms with van der Waals surface area (Å²) in [5, 5.41) is 0. The van der Waals surface area contributed by atoms with E-state index in [-0.39, 0.29) is 12.0 Å². The van der Waals surface area contributed by atoms with E-state index in [0.29, 0.717) is 0 Å². The third-order valence-corrected chi connectivity index (χ3v) is 4.92. The topological polar surface area (TPSA) is 12.5 Å². The van der Waals surface area contributed by atoms with Crippen molar-refractivity contribution in [3.63, 3.8) is 0 Å². The molecule has 0 aromatic heterocycles. The third-order valence-electron chi connectivity index (χ3n) is 4.92. The van der Waals surface area contributed by atoms with Crippen LogP contribution in [0.1, 0.15) is 17.5 Å². The molecule has 0 aliphatic carbocycles. The second-order valence-electron chi connectivity index (χ2n) is 6.84. The molecule has 1 aliphatic rings. The molecule has 0 bridgehead atoms. The molecule has 132 valence electrons. The van der Waals surface area contributed by atoms with E-state index < -0.39 is 0 Å². The summed E-state index contributed by atoms with van der Waals surface area (Å²) in [5.41, 5.74) is 4.64. The van der Waals surface area contributed by atoms with Gasteiger partial charge in [0.15, 0.2) is 6.23 Å². The first-order valence-electron chi connectivity index (χ1n) is 8.99. The molecule has 4 rings (SSSR count). The molecule has 0 saturated carbocycles. The third kappa shape index (κ3) is 3.63. The van der Waals surface area contributed by atoms with Crippen LogP contribution in [0.15, 0.2) is 72.8 Å². The Labute approximate surface area is 153 Å². The molecule has 0 amide bonds. The zero-order valence-corrected chi connectivity index (χ0v) is 14.9. The summed E-state index contributed by atoms with van der Waals surface area (Å²) in [6.07, 6.45) is 2.12. The van der Waals surface area contributed by atoms with Crippen molar-refractivity contribution in [3.05, 3.63) is 89.7 Å². The second-order valence-corrected chi connectivity index (χ2v) is 6.84. The van der Waals surface area contributed by atoms with E-state index in [9.17, 15) is 4.39 Å². The number of ether oxygens (including phenoxy) is 1. The van der Waals surface area contributed by atoms with Crippen LogP contribution in [0.5, 0.6) is 5.75 Å². The highest BCUT2D eigenvalue weighted by Crippen LogP contribution is 2.29. The number of aryl methyl sites for hydroxylation is 1. The highest BCUT2D eigenvalue weighted by atomic mass is 19.1. The summed E-state index contributed by atoms with van der Waals surface area (Å²) in [4.78, 5) is 2.25. The minimum absolute atomic E-state index is 0.0828. The van der Waals surface area contributed by atoms with Crippen molar-refractivity contribution in [3.8, 4) is 16.9 Å². The lowest BCUT2D eigenvalue weighted by Crippen LogP contribution is -2.38. The minimum atomic E-state index is -0.209. The molecule has 0 saturated heterocycles. The maximum atomic E-state index is 13.1. The van der Waals surface area contributed by atoms with Crippen LogP contribution in [-0.4, -0.2) is 18.2 Å². The predicted molar refractivity (Wildman–Crippen MR) is 102 cm³/mol. The summed E-state index contributed by atoms with van der Waals surface area (Å²) < 4.78 is 19.3. The molecule has 1 atom stereocenters. The number of para-hydroxylation sites is 1. The molecule has 26 heavy (non-hydrogen) atoms. The Balaban J connectivity index is 1.47. The van der Waals surface area contributed by atoms with Crippen LogP contribution in [0.4, 0.5) is 4.39 Å². The highest BCUT2D eigenvalue weighted by molar-refractivity contribution is 5.64. The molecule has 2 nitrogen and oxygen atoms in total. The summed E-state index contributed by atoms with van der Waals surface area (Å²) in [5.74, 6) is 0.787. The zero-order valence-electron chi connectivity index (χ0n) is 14.9. The standard InChI is InChI=1S/C23H22FNO/c1-25(23-14-11-19-6-2-3-8-22(19)26-23)16-17-5-4-7-20(15-17)18-9-12-21(24)13-10-18/h2-10,12-13,15,23H,11,14,16H2,1H3. The molecule has 3 aromatic carbocycles. The number of benzene rings is 3. The Kier molecular flexibility index (Phi) is 4.72. The van der Waals surface area contributed by atoms with Gasteiger partial charge < -0.3 is 4.74 Å². The van der Waals surface area contributed by atoms with Crippen LogP contribution in [0, 0.1) is 5.82 Å². The van der Waals surface area contributed by atoms with E-state index in [4.69, 9.17) is 4.74 Å². The van der Waals surface area contributed by atoms with E-state index in [1.807, 2.05) is 24.3 Å². The molecular weight excluding hydrogens is 325 g/mol. The molecule has 0 radical (unpaired) electrons. The van der Waals surface area contributed by atoms with Crippen molar-refractivity contribution in [2.75, 3.05) is 7.05 Å². The van der Waals surface area contributed by atoms with Gasteiger partial charge in [-0.1, -0.05) is 48.5 Å². The van der Waals surface area contributed by atoms with Gasteiger partial charge in [0.25, 0.3) is 0 Å². The molecule has 1 unspecified atom stereocenters. The molecule has 1 heterocycles. The van der Waals surface area contributed by atoms with E-state index in [0.717, 1.165) is 36.3 Å². The molecule has 0 spiro atoms. The Bertz CT molecular complexity index is 891. The van der Waals surface area contributed by atoms with Gasteiger partial charge in [0.1, 0.15) is 11.6 Å². The van der Waals surface area contributed by atoms with E-state index in [2.05, 4.69) is 48.3 Å². The fourth-order valence-electron chi connectivity index (χ4n) is 3.50. The lowest BCUT2D eigenvalue weighted by atomic mass is 10.0. The fraction of sp³-hybridized carbons (Fsp3) is 0.217. The monoisotopic (exact) mass is 347 g/mol. The molecule has 3 heteroatoms. The van der Waals surface area contributed by atoms with Crippen LogP contribution in [-0.2, 0) is 13.0 Å². The van der Waals surface area contributed by atoms with Crippen LogP contribution in [0.3, 0.4) is 0 Å². The highest BCUT2D eigenvalue weighted by Gasteiger charge is 2.23. The number of rotatable bonds is 4. The first-order chi connectivity index (χ1) is 12.7. The predicted octanol–water partition coefficient (Wildman–Crippen LogP) is 5.28. The van der Waals surface area contributed by atoms with Gasteiger partial charge in [-0.25, -0.2) is 4.39 Å². The van der Waals surface area contributed by atoms with Crippen molar-refractivity contribution >= 4 is 0 Å². The lowest BCUT2D eigenvalue weighted by molar-refractivity contribution is 0.0226. The summed E-state index contributed by atoms with van der Waals surface area (Å²) in [6, 6.07) is 23.3. The van der Waals surface area contributed by atoms with Gasteiger partial charge in [0.05, 0.1) is 0 Å². The maximum Gasteiger partial charge on any atom is 0.153 e. The molecule has 3 aromatic rings. The van der Waals surface area contributed by atoms with Gasteiger partial charge >= 0.3 is 0 Å². The number of hydrogen-bond donors (Lipinski definition) is 0. The van der Waals surface area contributed by atoms with E-state index in [1.54, 1.807) is 0 Å². The average molecular weight is 347 g/mol. The second kappa shape index (κ2) is 7.30. The van der Waals surface area contributed by atoms with Crippen molar-refractivity contribution in [1.82, 2.24) is 4.90 Å². The van der Waals surface area contributed by atoms with Crippen molar-refractivity contribution in [1.29, 1.82) is 0 Å². The first-order valence-corrected chi connectivity index (χ1v) is 8.99. The SMILES string of the molecule is CN(Cc1cccc(-c2ccc(F)cc2)c1)C1CCc2ccccc2O1. The van der Waals surface area contributed by atoms with Gasteiger partial charge in [-0.05, 0) is 60.0 Å².